The predicted octanol–water partition coefficient (Wildman–Crippen LogP) is 8.48. The second-order valence-corrected chi connectivity index (χ2v) is 10.2. The van der Waals surface area contributed by atoms with Crippen LogP contribution in [0.1, 0.15) is 101 Å². The van der Waals surface area contributed by atoms with Gasteiger partial charge in [-0.25, -0.2) is 4.39 Å². The van der Waals surface area contributed by atoms with E-state index in [4.69, 9.17) is 0 Å². The Morgan fingerprint density at radius 1 is 0.767 bits per heavy atom. The minimum atomic E-state index is -2.99. The first kappa shape index (κ1) is 22.0. The van der Waals surface area contributed by atoms with E-state index in [1.54, 1.807) is 6.07 Å². The standard InChI is InChI=1S/C26H37F3O/c27-24-17-23(15-16-25(24)30-26(28)29)22-13-9-19(10-14-22)6-5-18-7-11-21(12-8-18)20-3-1-2-4-20/h15-22,26H,1-14H2/t18-,19-,21-,22-. The summed E-state index contributed by atoms with van der Waals surface area (Å²) in [5.41, 5.74) is 0.929. The van der Waals surface area contributed by atoms with Gasteiger partial charge in [-0.05, 0) is 85.8 Å². The van der Waals surface area contributed by atoms with Crippen molar-refractivity contribution >= 4 is 0 Å². The Morgan fingerprint density at radius 2 is 1.33 bits per heavy atom. The third-order valence-corrected chi connectivity index (χ3v) is 8.43. The van der Waals surface area contributed by atoms with Gasteiger partial charge in [0.1, 0.15) is 0 Å². The van der Waals surface area contributed by atoms with Crippen LogP contribution in [-0.2, 0) is 0 Å². The highest BCUT2D eigenvalue weighted by molar-refractivity contribution is 5.31. The minimum absolute atomic E-state index is 0.346. The Balaban J connectivity index is 1.17. The lowest BCUT2D eigenvalue weighted by Crippen LogP contribution is -2.21. The lowest BCUT2D eigenvalue weighted by molar-refractivity contribution is -0.0522. The van der Waals surface area contributed by atoms with Crippen LogP contribution in [-0.4, -0.2) is 6.61 Å². The van der Waals surface area contributed by atoms with Crippen molar-refractivity contribution in [2.75, 3.05) is 0 Å². The number of hydrogen-bond donors (Lipinski definition) is 0. The summed E-state index contributed by atoms with van der Waals surface area (Å²) < 4.78 is 42.9. The zero-order valence-electron chi connectivity index (χ0n) is 18.1. The van der Waals surface area contributed by atoms with E-state index in [0.717, 1.165) is 42.1 Å². The molecule has 0 radical (unpaired) electrons. The molecule has 0 N–H and O–H groups in total. The molecule has 0 spiro atoms. The lowest BCUT2D eigenvalue weighted by Gasteiger charge is -2.34. The highest BCUT2D eigenvalue weighted by atomic mass is 19.3. The second kappa shape index (κ2) is 10.4. The Labute approximate surface area is 179 Å². The summed E-state index contributed by atoms with van der Waals surface area (Å²) in [7, 11) is 0. The number of ether oxygens (including phenoxy) is 1. The fourth-order valence-corrected chi connectivity index (χ4v) is 6.60. The molecule has 3 saturated carbocycles. The maximum absolute atomic E-state index is 14.0. The van der Waals surface area contributed by atoms with E-state index < -0.39 is 12.4 Å². The smallest absolute Gasteiger partial charge is 0.387 e. The van der Waals surface area contributed by atoms with Crippen LogP contribution in [0.4, 0.5) is 13.2 Å². The molecule has 1 aromatic rings. The second-order valence-electron chi connectivity index (χ2n) is 10.2. The van der Waals surface area contributed by atoms with Gasteiger partial charge in [0.25, 0.3) is 0 Å². The molecule has 0 unspecified atom stereocenters. The molecular weight excluding hydrogens is 385 g/mol. The van der Waals surface area contributed by atoms with Gasteiger partial charge in [0.05, 0.1) is 0 Å². The molecule has 0 saturated heterocycles. The van der Waals surface area contributed by atoms with Crippen molar-refractivity contribution < 1.29 is 17.9 Å². The predicted molar refractivity (Wildman–Crippen MR) is 114 cm³/mol. The monoisotopic (exact) mass is 422 g/mol. The van der Waals surface area contributed by atoms with E-state index in [9.17, 15) is 13.2 Å². The average Bonchev–Trinajstić information content (AvgIpc) is 3.29. The quantitative estimate of drug-likeness (QED) is 0.428. The molecule has 0 bridgehead atoms. The van der Waals surface area contributed by atoms with E-state index in [-0.39, 0.29) is 5.75 Å². The van der Waals surface area contributed by atoms with Crippen molar-refractivity contribution in [2.45, 2.75) is 102 Å². The number of halogens is 3. The van der Waals surface area contributed by atoms with Gasteiger partial charge in [0.15, 0.2) is 11.6 Å². The fourth-order valence-electron chi connectivity index (χ4n) is 6.60. The fraction of sp³-hybridized carbons (Fsp3) is 0.769. The number of alkyl halides is 2. The molecule has 0 aliphatic heterocycles. The van der Waals surface area contributed by atoms with Gasteiger partial charge in [0.2, 0.25) is 0 Å². The third kappa shape index (κ3) is 5.73. The molecular formula is C26H37F3O. The summed E-state index contributed by atoms with van der Waals surface area (Å²) in [5, 5.41) is 0. The largest absolute Gasteiger partial charge is 0.432 e. The first-order valence-electron chi connectivity index (χ1n) is 12.3. The number of hydrogen-bond acceptors (Lipinski definition) is 1. The van der Waals surface area contributed by atoms with Crippen LogP contribution >= 0.6 is 0 Å². The van der Waals surface area contributed by atoms with E-state index in [0.29, 0.717) is 5.92 Å². The van der Waals surface area contributed by atoms with Crippen LogP contribution in [0.2, 0.25) is 0 Å². The van der Waals surface area contributed by atoms with Gasteiger partial charge < -0.3 is 4.74 Å². The molecule has 0 aromatic heterocycles. The Morgan fingerprint density at radius 3 is 1.90 bits per heavy atom. The van der Waals surface area contributed by atoms with Crippen LogP contribution in [0.3, 0.4) is 0 Å². The summed E-state index contributed by atoms with van der Waals surface area (Å²) in [4.78, 5) is 0. The normalized spacial score (nSPS) is 30.7. The van der Waals surface area contributed by atoms with E-state index >= 15 is 0 Å². The molecule has 1 nitrogen and oxygen atoms in total. The number of benzene rings is 1. The van der Waals surface area contributed by atoms with Crippen molar-refractivity contribution in [3.8, 4) is 5.75 Å². The zero-order chi connectivity index (χ0) is 20.9. The van der Waals surface area contributed by atoms with Crippen molar-refractivity contribution in [3.63, 3.8) is 0 Å². The van der Waals surface area contributed by atoms with Gasteiger partial charge in [-0.15, -0.1) is 0 Å². The van der Waals surface area contributed by atoms with Crippen molar-refractivity contribution in [1.82, 2.24) is 0 Å². The highest BCUT2D eigenvalue weighted by Gasteiger charge is 2.30. The molecule has 4 rings (SSSR count). The third-order valence-electron chi connectivity index (χ3n) is 8.43. The zero-order valence-corrected chi connectivity index (χ0v) is 18.1. The maximum Gasteiger partial charge on any atom is 0.387 e. The molecule has 0 heterocycles. The molecule has 1 aromatic carbocycles. The van der Waals surface area contributed by atoms with Crippen molar-refractivity contribution in [1.29, 1.82) is 0 Å². The number of rotatable bonds is 7. The molecule has 0 atom stereocenters. The highest BCUT2D eigenvalue weighted by Crippen LogP contribution is 2.43. The van der Waals surface area contributed by atoms with E-state index in [1.807, 2.05) is 0 Å². The molecule has 0 amide bonds. The molecule has 3 aliphatic rings. The van der Waals surface area contributed by atoms with Crippen LogP contribution in [0.15, 0.2) is 18.2 Å². The summed E-state index contributed by atoms with van der Waals surface area (Å²) >= 11 is 0. The SMILES string of the molecule is Fc1cc([C@H]2CC[C@H](CC[C@H]3CC[C@H](C4CCCC4)CC3)CC2)ccc1OC(F)F. The summed E-state index contributed by atoms with van der Waals surface area (Å²) in [5.74, 6) is 3.13. The summed E-state index contributed by atoms with van der Waals surface area (Å²) in [6.45, 7) is -2.99. The lowest BCUT2D eigenvalue weighted by atomic mass is 9.72. The molecule has 168 valence electrons. The van der Waals surface area contributed by atoms with Gasteiger partial charge in [-0.2, -0.15) is 8.78 Å². The van der Waals surface area contributed by atoms with Crippen LogP contribution in [0.5, 0.6) is 5.75 Å². The van der Waals surface area contributed by atoms with Crippen molar-refractivity contribution in [3.05, 3.63) is 29.6 Å². The van der Waals surface area contributed by atoms with E-state index in [2.05, 4.69) is 4.74 Å². The molecule has 3 fully saturated rings. The van der Waals surface area contributed by atoms with Crippen LogP contribution in [0.25, 0.3) is 0 Å². The molecule has 3 aliphatic carbocycles. The average molecular weight is 423 g/mol. The van der Waals surface area contributed by atoms with Crippen LogP contribution < -0.4 is 4.74 Å². The molecule has 4 heteroatoms. The summed E-state index contributed by atoms with van der Waals surface area (Å²) in [6.07, 6.45) is 19.1. The van der Waals surface area contributed by atoms with Gasteiger partial charge in [-0.3, -0.25) is 0 Å². The molecule has 30 heavy (non-hydrogen) atoms. The van der Waals surface area contributed by atoms with Crippen LogP contribution in [0, 0.1) is 29.5 Å². The Bertz CT molecular complexity index is 654. The van der Waals surface area contributed by atoms with Crippen molar-refractivity contribution in [2.24, 2.45) is 23.7 Å². The van der Waals surface area contributed by atoms with Gasteiger partial charge in [0, 0.05) is 0 Å². The Hall–Kier alpha value is -1.19. The Kier molecular flexibility index (Phi) is 7.64. The van der Waals surface area contributed by atoms with E-state index in [1.165, 1.54) is 89.2 Å². The van der Waals surface area contributed by atoms with Gasteiger partial charge in [-0.1, -0.05) is 57.4 Å². The minimum Gasteiger partial charge on any atom is -0.432 e. The summed E-state index contributed by atoms with van der Waals surface area (Å²) in [6, 6.07) is 4.50. The first-order valence-corrected chi connectivity index (χ1v) is 12.3. The van der Waals surface area contributed by atoms with Gasteiger partial charge >= 0.3 is 6.61 Å². The first-order chi connectivity index (χ1) is 14.6. The topological polar surface area (TPSA) is 9.23 Å². The maximum atomic E-state index is 14.0.